The number of halogens is 1. The van der Waals surface area contributed by atoms with Crippen molar-refractivity contribution >= 4 is 17.5 Å². The number of rotatable bonds is 5. The van der Waals surface area contributed by atoms with Gasteiger partial charge in [0.25, 0.3) is 0 Å². The van der Waals surface area contributed by atoms with E-state index < -0.39 is 0 Å². The number of ether oxygens (including phenoxy) is 1. The predicted molar refractivity (Wildman–Crippen MR) is 100 cm³/mol. The molecule has 2 saturated heterocycles. The van der Waals surface area contributed by atoms with Crippen LogP contribution in [0, 0.1) is 11.8 Å². The first-order chi connectivity index (χ1) is 12.6. The molecule has 2 atom stereocenters. The molecule has 1 amide bonds. The van der Waals surface area contributed by atoms with Crippen molar-refractivity contribution in [3.05, 3.63) is 34.9 Å². The fourth-order valence-corrected chi connectivity index (χ4v) is 4.58. The van der Waals surface area contributed by atoms with Gasteiger partial charge in [0.2, 0.25) is 5.91 Å². The molecular formula is C20H27ClN2O3. The predicted octanol–water partition coefficient (Wildman–Crippen LogP) is 1.77. The molecule has 2 aliphatic heterocycles. The number of amides is 1. The highest BCUT2D eigenvalue weighted by molar-refractivity contribution is 6.30. The van der Waals surface area contributed by atoms with E-state index in [0.29, 0.717) is 17.5 Å². The molecule has 5 nitrogen and oxygen atoms in total. The standard InChI is InChI=1S/C20H27ClN2O3/c21-18-3-1-17(2-4-18)20(5-6-20)19(25)23-12-15(16(13-23)14-24)11-22-7-9-26-10-8-22/h1-4,15-16,24H,5-14H2. The van der Waals surface area contributed by atoms with Gasteiger partial charge in [0, 0.05) is 50.3 Å². The van der Waals surface area contributed by atoms with Gasteiger partial charge in [-0.2, -0.15) is 0 Å². The first-order valence-electron chi connectivity index (χ1n) is 9.59. The minimum atomic E-state index is -0.363. The molecule has 2 unspecified atom stereocenters. The van der Waals surface area contributed by atoms with Crippen molar-refractivity contribution in [2.45, 2.75) is 18.3 Å². The zero-order valence-electron chi connectivity index (χ0n) is 15.1. The highest BCUT2D eigenvalue weighted by atomic mass is 35.5. The average Bonchev–Trinajstić information content (AvgIpc) is 3.38. The van der Waals surface area contributed by atoms with Crippen LogP contribution in [-0.2, 0) is 14.9 Å². The summed E-state index contributed by atoms with van der Waals surface area (Å²) in [7, 11) is 0. The topological polar surface area (TPSA) is 53.0 Å². The number of carbonyl (C=O) groups excluding carboxylic acids is 1. The zero-order valence-corrected chi connectivity index (χ0v) is 15.8. The van der Waals surface area contributed by atoms with Crippen molar-refractivity contribution in [3.63, 3.8) is 0 Å². The lowest BCUT2D eigenvalue weighted by atomic mass is 9.94. The van der Waals surface area contributed by atoms with Gasteiger partial charge in [-0.25, -0.2) is 0 Å². The Labute approximate surface area is 159 Å². The number of nitrogens with zero attached hydrogens (tertiary/aromatic N) is 2. The Kier molecular flexibility index (Phi) is 5.24. The molecule has 4 rings (SSSR count). The van der Waals surface area contributed by atoms with Crippen molar-refractivity contribution in [2.24, 2.45) is 11.8 Å². The van der Waals surface area contributed by atoms with Gasteiger partial charge < -0.3 is 14.7 Å². The SMILES string of the molecule is O=C(N1CC(CO)C(CN2CCOCC2)C1)C1(c2ccc(Cl)cc2)CC1. The summed E-state index contributed by atoms with van der Waals surface area (Å²) in [5, 5.41) is 10.5. The summed E-state index contributed by atoms with van der Waals surface area (Å²) in [4.78, 5) is 17.7. The summed E-state index contributed by atoms with van der Waals surface area (Å²) in [5.74, 6) is 0.730. The number of hydrogen-bond donors (Lipinski definition) is 1. The van der Waals surface area contributed by atoms with Gasteiger partial charge in [0.05, 0.1) is 18.6 Å². The van der Waals surface area contributed by atoms with Crippen LogP contribution in [-0.4, -0.2) is 73.4 Å². The van der Waals surface area contributed by atoms with Crippen LogP contribution in [0.1, 0.15) is 18.4 Å². The van der Waals surface area contributed by atoms with Gasteiger partial charge in [0.1, 0.15) is 0 Å². The van der Waals surface area contributed by atoms with Crippen LogP contribution in [0.5, 0.6) is 0 Å². The Morgan fingerprint density at radius 2 is 1.81 bits per heavy atom. The fraction of sp³-hybridized carbons (Fsp3) is 0.650. The Hall–Kier alpha value is -1.14. The van der Waals surface area contributed by atoms with Crippen molar-refractivity contribution in [2.75, 3.05) is 52.5 Å². The quantitative estimate of drug-likeness (QED) is 0.848. The average molecular weight is 379 g/mol. The normalized spacial score (nSPS) is 28.3. The maximum atomic E-state index is 13.3. The number of aliphatic hydroxyl groups is 1. The summed E-state index contributed by atoms with van der Waals surface area (Å²) in [6.07, 6.45) is 1.81. The number of carbonyl (C=O) groups is 1. The number of likely N-dealkylation sites (tertiary alicyclic amines) is 1. The van der Waals surface area contributed by atoms with Crippen molar-refractivity contribution in [1.82, 2.24) is 9.80 Å². The molecule has 0 aromatic heterocycles. The van der Waals surface area contributed by atoms with E-state index in [-0.39, 0.29) is 23.8 Å². The molecule has 2 heterocycles. The summed E-state index contributed by atoms with van der Waals surface area (Å²) >= 11 is 6.00. The van der Waals surface area contributed by atoms with Crippen LogP contribution in [0.3, 0.4) is 0 Å². The number of hydrogen-bond acceptors (Lipinski definition) is 4. The Bertz CT molecular complexity index is 641. The third kappa shape index (κ3) is 3.50. The molecule has 0 spiro atoms. The number of morpholine rings is 1. The van der Waals surface area contributed by atoms with Crippen LogP contribution in [0.4, 0.5) is 0 Å². The Morgan fingerprint density at radius 1 is 1.15 bits per heavy atom. The maximum Gasteiger partial charge on any atom is 0.233 e. The van der Waals surface area contributed by atoms with E-state index in [0.717, 1.165) is 57.8 Å². The van der Waals surface area contributed by atoms with E-state index in [1.165, 1.54) is 0 Å². The van der Waals surface area contributed by atoms with E-state index in [4.69, 9.17) is 16.3 Å². The monoisotopic (exact) mass is 378 g/mol. The highest BCUT2D eigenvalue weighted by Gasteiger charge is 2.54. The lowest BCUT2D eigenvalue weighted by Gasteiger charge is -2.30. The van der Waals surface area contributed by atoms with Crippen LogP contribution in [0.15, 0.2) is 24.3 Å². The lowest BCUT2D eigenvalue weighted by molar-refractivity contribution is -0.133. The van der Waals surface area contributed by atoms with E-state index in [2.05, 4.69) is 4.90 Å². The molecule has 0 bridgehead atoms. The van der Waals surface area contributed by atoms with Crippen LogP contribution in [0.25, 0.3) is 0 Å². The second-order valence-electron chi connectivity index (χ2n) is 7.91. The minimum Gasteiger partial charge on any atom is -0.396 e. The third-order valence-electron chi connectivity index (χ3n) is 6.25. The lowest BCUT2D eigenvalue weighted by Crippen LogP contribution is -2.42. The van der Waals surface area contributed by atoms with E-state index in [1.807, 2.05) is 29.2 Å². The molecule has 0 radical (unpaired) electrons. The minimum absolute atomic E-state index is 0.146. The van der Waals surface area contributed by atoms with E-state index in [9.17, 15) is 9.90 Å². The first kappa shape index (κ1) is 18.2. The molecule has 1 N–H and O–H groups in total. The summed E-state index contributed by atoms with van der Waals surface area (Å²) in [6, 6.07) is 7.70. The van der Waals surface area contributed by atoms with Gasteiger partial charge in [-0.3, -0.25) is 9.69 Å². The molecule has 1 aliphatic carbocycles. The molecule has 3 aliphatic rings. The molecule has 1 aromatic rings. The molecule has 6 heteroatoms. The van der Waals surface area contributed by atoms with Gasteiger partial charge in [0.15, 0.2) is 0 Å². The van der Waals surface area contributed by atoms with E-state index in [1.54, 1.807) is 0 Å². The second-order valence-corrected chi connectivity index (χ2v) is 8.35. The molecule has 3 fully saturated rings. The molecule has 1 aromatic carbocycles. The van der Waals surface area contributed by atoms with Gasteiger partial charge in [-0.05, 0) is 36.5 Å². The molecule has 26 heavy (non-hydrogen) atoms. The Balaban J connectivity index is 1.44. The number of benzene rings is 1. The fourth-order valence-electron chi connectivity index (χ4n) is 4.46. The van der Waals surface area contributed by atoms with Gasteiger partial charge in [-0.1, -0.05) is 23.7 Å². The summed E-state index contributed by atoms with van der Waals surface area (Å²) in [5.41, 5.74) is 0.711. The molecule has 142 valence electrons. The van der Waals surface area contributed by atoms with Crippen molar-refractivity contribution < 1.29 is 14.6 Å². The highest BCUT2D eigenvalue weighted by Crippen LogP contribution is 2.50. The first-order valence-corrected chi connectivity index (χ1v) is 9.96. The molecular weight excluding hydrogens is 352 g/mol. The summed E-state index contributed by atoms with van der Waals surface area (Å²) in [6.45, 7) is 5.93. The van der Waals surface area contributed by atoms with Crippen LogP contribution < -0.4 is 0 Å². The van der Waals surface area contributed by atoms with E-state index >= 15 is 0 Å². The van der Waals surface area contributed by atoms with Gasteiger partial charge >= 0.3 is 0 Å². The zero-order chi connectivity index (χ0) is 18.1. The van der Waals surface area contributed by atoms with Crippen LogP contribution in [0.2, 0.25) is 5.02 Å². The second kappa shape index (κ2) is 7.47. The summed E-state index contributed by atoms with van der Waals surface area (Å²) < 4.78 is 5.42. The van der Waals surface area contributed by atoms with Crippen molar-refractivity contribution in [3.8, 4) is 0 Å². The third-order valence-corrected chi connectivity index (χ3v) is 6.50. The molecule has 1 saturated carbocycles. The number of aliphatic hydroxyl groups excluding tert-OH is 1. The van der Waals surface area contributed by atoms with Crippen molar-refractivity contribution in [1.29, 1.82) is 0 Å². The Morgan fingerprint density at radius 3 is 2.42 bits per heavy atom. The largest absolute Gasteiger partial charge is 0.396 e. The smallest absolute Gasteiger partial charge is 0.233 e. The van der Waals surface area contributed by atoms with Crippen LogP contribution >= 0.6 is 11.6 Å². The van der Waals surface area contributed by atoms with Gasteiger partial charge in [-0.15, -0.1) is 0 Å². The maximum absolute atomic E-state index is 13.3.